The summed E-state index contributed by atoms with van der Waals surface area (Å²) in [5.74, 6) is -0.141. The molecule has 0 bridgehead atoms. The Kier molecular flexibility index (Phi) is 6.99. The maximum Gasteiger partial charge on any atom is 0.243 e. The summed E-state index contributed by atoms with van der Waals surface area (Å²) in [6, 6.07) is 18.0. The molecule has 0 saturated carbocycles. The summed E-state index contributed by atoms with van der Waals surface area (Å²) in [7, 11) is 0. The Labute approximate surface area is 184 Å². The normalized spacial score (nSPS) is 19.3. The molecule has 0 aromatic heterocycles. The van der Waals surface area contributed by atoms with Crippen molar-refractivity contribution in [3.8, 4) is 0 Å². The maximum absolute atomic E-state index is 12.8. The highest BCUT2D eigenvalue weighted by molar-refractivity contribution is 6.02. The molecule has 2 aromatic carbocycles. The van der Waals surface area contributed by atoms with Crippen LogP contribution in [0.25, 0.3) is 0 Å². The standard InChI is InChI=1S/C25H32N4O2/c1-20(30)29-23-11-6-5-10-22(23)18-24(29)25(31)26-12-7-13-27-14-16-28(17-15-27)19-21-8-3-2-4-9-21/h2-6,8-11,24H,7,12-19H2,1H3,(H,26,31)/t24-/m0/s1. The van der Waals surface area contributed by atoms with E-state index < -0.39 is 6.04 Å². The van der Waals surface area contributed by atoms with E-state index in [0.29, 0.717) is 13.0 Å². The van der Waals surface area contributed by atoms with Crippen molar-refractivity contribution in [2.24, 2.45) is 0 Å². The quantitative estimate of drug-likeness (QED) is 0.699. The number of anilines is 1. The number of benzene rings is 2. The van der Waals surface area contributed by atoms with Crippen molar-refractivity contribution in [2.75, 3.05) is 44.2 Å². The molecule has 0 radical (unpaired) electrons. The molecule has 0 unspecified atom stereocenters. The molecule has 4 rings (SSSR count). The molecule has 2 aromatic rings. The number of para-hydroxylation sites is 1. The van der Waals surface area contributed by atoms with Gasteiger partial charge in [0.25, 0.3) is 0 Å². The van der Waals surface area contributed by atoms with Crippen molar-refractivity contribution in [3.05, 3.63) is 65.7 Å². The predicted molar refractivity (Wildman–Crippen MR) is 123 cm³/mol. The highest BCUT2D eigenvalue weighted by Gasteiger charge is 2.36. The van der Waals surface area contributed by atoms with Crippen LogP contribution in [0.5, 0.6) is 0 Å². The lowest BCUT2D eigenvalue weighted by Crippen LogP contribution is -2.48. The lowest BCUT2D eigenvalue weighted by Gasteiger charge is -2.34. The van der Waals surface area contributed by atoms with E-state index in [2.05, 4.69) is 45.4 Å². The van der Waals surface area contributed by atoms with Crippen LogP contribution in [0, 0.1) is 0 Å². The van der Waals surface area contributed by atoms with E-state index in [9.17, 15) is 9.59 Å². The molecule has 1 fully saturated rings. The fraction of sp³-hybridized carbons (Fsp3) is 0.440. The predicted octanol–water partition coefficient (Wildman–Crippen LogP) is 2.29. The van der Waals surface area contributed by atoms with E-state index in [4.69, 9.17) is 0 Å². The van der Waals surface area contributed by atoms with Gasteiger partial charge in [-0.1, -0.05) is 48.5 Å². The SMILES string of the molecule is CC(=O)N1c2ccccc2C[C@H]1C(=O)NCCCN1CCN(Cc2ccccc2)CC1. The molecular formula is C25H32N4O2. The molecule has 1 N–H and O–H groups in total. The second-order valence-electron chi connectivity index (χ2n) is 8.49. The topological polar surface area (TPSA) is 55.9 Å². The zero-order valence-corrected chi connectivity index (χ0v) is 18.3. The molecule has 6 nitrogen and oxygen atoms in total. The second kappa shape index (κ2) is 10.1. The Balaban J connectivity index is 1.17. The molecule has 2 aliphatic heterocycles. The Hall–Kier alpha value is -2.70. The van der Waals surface area contributed by atoms with Crippen LogP contribution in [0.2, 0.25) is 0 Å². The number of carbonyl (C=O) groups is 2. The first-order valence-electron chi connectivity index (χ1n) is 11.3. The Bertz CT molecular complexity index is 893. The molecule has 2 heterocycles. The van der Waals surface area contributed by atoms with Gasteiger partial charge in [-0.3, -0.25) is 19.4 Å². The summed E-state index contributed by atoms with van der Waals surface area (Å²) in [5, 5.41) is 3.06. The third kappa shape index (κ3) is 5.32. The van der Waals surface area contributed by atoms with Gasteiger partial charge in [0, 0.05) is 58.3 Å². The molecule has 31 heavy (non-hydrogen) atoms. The molecule has 6 heteroatoms. The molecule has 0 spiro atoms. The number of piperazine rings is 1. The molecule has 2 amide bonds. The van der Waals surface area contributed by atoms with Gasteiger partial charge >= 0.3 is 0 Å². The van der Waals surface area contributed by atoms with Gasteiger partial charge in [0.05, 0.1) is 0 Å². The van der Waals surface area contributed by atoms with Gasteiger partial charge in [-0.05, 0) is 30.2 Å². The summed E-state index contributed by atoms with van der Waals surface area (Å²) in [6.45, 7) is 8.46. The summed E-state index contributed by atoms with van der Waals surface area (Å²) in [4.78, 5) is 31.5. The Morgan fingerprint density at radius 1 is 0.935 bits per heavy atom. The zero-order valence-electron chi connectivity index (χ0n) is 18.3. The van der Waals surface area contributed by atoms with E-state index in [0.717, 1.165) is 56.9 Å². The van der Waals surface area contributed by atoms with Crippen LogP contribution >= 0.6 is 0 Å². The Morgan fingerprint density at radius 3 is 2.35 bits per heavy atom. The van der Waals surface area contributed by atoms with Crippen molar-refractivity contribution >= 4 is 17.5 Å². The third-order valence-corrected chi connectivity index (χ3v) is 6.28. The number of hydrogen-bond donors (Lipinski definition) is 1. The average molecular weight is 421 g/mol. The lowest BCUT2D eigenvalue weighted by atomic mass is 10.1. The van der Waals surface area contributed by atoms with Gasteiger partial charge in [0.1, 0.15) is 6.04 Å². The van der Waals surface area contributed by atoms with Gasteiger partial charge in [-0.25, -0.2) is 0 Å². The van der Waals surface area contributed by atoms with E-state index in [-0.39, 0.29) is 11.8 Å². The number of nitrogens with one attached hydrogen (secondary N) is 1. The van der Waals surface area contributed by atoms with Gasteiger partial charge in [0.15, 0.2) is 0 Å². The first-order chi connectivity index (χ1) is 15.1. The molecule has 164 valence electrons. The second-order valence-corrected chi connectivity index (χ2v) is 8.49. The lowest BCUT2D eigenvalue weighted by molar-refractivity contribution is -0.125. The highest BCUT2D eigenvalue weighted by Crippen LogP contribution is 2.32. The minimum absolute atomic E-state index is 0.0564. The number of nitrogens with zero attached hydrogens (tertiary/aromatic N) is 3. The average Bonchev–Trinajstić information content (AvgIpc) is 3.18. The van der Waals surface area contributed by atoms with Crippen LogP contribution in [0.15, 0.2) is 54.6 Å². The molecule has 2 aliphatic rings. The van der Waals surface area contributed by atoms with Crippen molar-refractivity contribution in [3.63, 3.8) is 0 Å². The van der Waals surface area contributed by atoms with Crippen LogP contribution in [-0.2, 0) is 22.6 Å². The molecular weight excluding hydrogens is 388 g/mol. The van der Waals surface area contributed by atoms with E-state index in [1.165, 1.54) is 12.5 Å². The third-order valence-electron chi connectivity index (χ3n) is 6.28. The van der Waals surface area contributed by atoms with Gasteiger partial charge in [-0.15, -0.1) is 0 Å². The number of amides is 2. The number of rotatable bonds is 7. The van der Waals surface area contributed by atoms with Crippen LogP contribution in [0.4, 0.5) is 5.69 Å². The fourth-order valence-electron chi connectivity index (χ4n) is 4.63. The zero-order chi connectivity index (χ0) is 21.6. The monoisotopic (exact) mass is 420 g/mol. The van der Waals surface area contributed by atoms with Gasteiger partial charge in [-0.2, -0.15) is 0 Å². The van der Waals surface area contributed by atoms with Crippen LogP contribution < -0.4 is 10.2 Å². The smallest absolute Gasteiger partial charge is 0.243 e. The summed E-state index contributed by atoms with van der Waals surface area (Å²) >= 11 is 0. The molecule has 0 aliphatic carbocycles. The van der Waals surface area contributed by atoms with Crippen LogP contribution in [0.1, 0.15) is 24.5 Å². The van der Waals surface area contributed by atoms with Crippen molar-refractivity contribution < 1.29 is 9.59 Å². The largest absolute Gasteiger partial charge is 0.354 e. The van der Waals surface area contributed by atoms with Crippen LogP contribution in [0.3, 0.4) is 0 Å². The van der Waals surface area contributed by atoms with E-state index in [1.807, 2.05) is 24.3 Å². The van der Waals surface area contributed by atoms with Crippen LogP contribution in [-0.4, -0.2) is 66.9 Å². The van der Waals surface area contributed by atoms with Gasteiger partial charge < -0.3 is 10.2 Å². The van der Waals surface area contributed by atoms with Gasteiger partial charge in [0.2, 0.25) is 11.8 Å². The Morgan fingerprint density at radius 2 is 1.61 bits per heavy atom. The van der Waals surface area contributed by atoms with Crippen molar-refractivity contribution in [1.29, 1.82) is 0 Å². The minimum atomic E-state index is -0.434. The number of hydrogen-bond acceptors (Lipinski definition) is 4. The maximum atomic E-state index is 12.8. The molecule has 1 atom stereocenters. The minimum Gasteiger partial charge on any atom is -0.354 e. The van der Waals surface area contributed by atoms with E-state index >= 15 is 0 Å². The number of carbonyl (C=O) groups excluding carboxylic acids is 2. The summed E-state index contributed by atoms with van der Waals surface area (Å²) in [6.07, 6.45) is 1.51. The summed E-state index contributed by atoms with van der Waals surface area (Å²) < 4.78 is 0. The fourth-order valence-corrected chi connectivity index (χ4v) is 4.63. The van der Waals surface area contributed by atoms with E-state index in [1.54, 1.807) is 4.90 Å². The van der Waals surface area contributed by atoms with Crippen molar-refractivity contribution in [1.82, 2.24) is 15.1 Å². The van der Waals surface area contributed by atoms with Crippen molar-refractivity contribution in [2.45, 2.75) is 32.4 Å². The number of fused-ring (bicyclic) bond motifs is 1. The first-order valence-corrected chi connectivity index (χ1v) is 11.3. The summed E-state index contributed by atoms with van der Waals surface area (Å²) in [5.41, 5.74) is 3.29. The highest BCUT2D eigenvalue weighted by atomic mass is 16.2. The molecule has 1 saturated heterocycles. The first kappa shape index (κ1) is 21.5.